The van der Waals surface area contributed by atoms with E-state index in [-0.39, 0.29) is 11.7 Å². The topological polar surface area (TPSA) is 83.8 Å². The van der Waals surface area contributed by atoms with E-state index in [1.807, 2.05) is 6.92 Å². The van der Waals surface area contributed by atoms with Crippen molar-refractivity contribution in [3.8, 4) is 0 Å². The molecule has 7 heteroatoms. The summed E-state index contributed by atoms with van der Waals surface area (Å²) in [6, 6.07) is 4.44. The molecule has 94 valence electrons. The van der Waals surface area contributed by atoms with Gasteiger partial charge in [-0.3, -0.25) is 15.2 Å². The van der Waals surface area contributed by atoms with Gasteiger partial charge in [0, 0.05) is 22.8 Å². The van der Waals surface area contributed by atoms with Crippen LogP contribution in [0.1, 0.15) is 18.5 Å². The van der Waals surface area contributed by atoms with Gasteiger partial charge in [-0.15, -0.1) is 0 Å². The molecule has 18 heavy (non-hydrogen) atoms. The van der Waals surface area contributed by atoms with Crippen molar-refractivity contribution < 1.29 is 4.92 Å². The number of aromatic amines is 1. The van der Waals surface area contributed by atoms with Crippen LogP contribution in [0.15, 0.2) is 30.6 Å². The van der Waals surface area contributed by atoms with Gasteiger partial charge in [-0.05, 0) is 19.1 Å². The highest BCUT2D eigenvalue weighted by molar-refractivity contribution is 6.30. The fraction of sp³-hybridized carbons (Fsp3) is 0.182. The molecule has 2 rings (SSSR count). The van der Waals surface area contributed by atoms with Crippen LogP contribution in [0, 0.1) is 10.1 Å². The first-order valence-corrected chi connectivity index (χ1v) is 5.65. The lowest BCUT2D eigenvalue weighted by molar-refractivity contribution is -0.384. The van der Waals surface area contributed by atoms with Crippen LogP contribution in [0.4, 0.5) is 11.4 Å². The van der Waals surface area contributed by atoms with Gasteiger partial charge in [-0.2, -0.15) is 5.10 Å². The summed E-state index contributed by atoms with van der Waals surface area (Å²) >= 11 is 5.75. The van der Waals surface area contributed by atoms with Crippen LogP contribution in [0.25, 0.3) is 0 Å². The normalized spacial score (nSPS) is 12.1. The van der Waals surface area contributed by atoms with Crippen LogP contribution >= 0.6 is 11.6 Å². The number of hydrogen-bond acceptors (Lipinski definition) is 4. The number of nitrogens with one attached hydrogen (secondary N) is 2. The zero-order valence-electron chi connectivity index (χ0n) is 9.55. The number of halogens is 1. The summed E-state index contributed by atoms with van der Waals surface area (Å²) in [6.07, 6.45) is 3.40. The van der Waals surface area contributed by atoms with Gasteiger partial charge in [0.2, 0.25) is 0 Å². The van der Waals surface area contributed by atoms with Gasteiger partial charge in [0.05, 0.1) is 17.2 Å². The molecule has 0 aliphatic heterocycles. The molecular weight excluding hydrogens is 256 g/mol. The first kappa shape index (κ1) is 12.4. The molecule has 2 aromatic rings. The number of nitro benzene ring substituents is 1. The molecule has 0 saturated heterocycles. The standard InChI is InChI=1S/C11H11ClN4O2/c1-7(8-5-13-14-6-8)15-10-3-2-9(12)4-11(10)16(17)18/h2-7,15H,1H3,(H,13,14)/t7-/m1/s1. The first-order valence-electron chi connectivity index (χ1n) is 5.27. The average Bonchev–Trinajstić information content (AvgIpc) is 2.84. The van der Waals surface area contributed by atoms with Crippen LogP contribution in [-0.2, 0) is 0 Å². The minimum atomic E-state index is -0.462. The second-order valence-electron chi connectivity index (χ2n) is 3.82. The van der Waals surface area contributed by atoms with Gasteiger partial charge in [0.1, 0.15) is 5.69 Å². The lowest BCUT2D eigenvalue weighted by Gasteiger charge is -2.13. The molecule has 0 radical (unpaired) electrons. The van der Waals surface area contributed by atoms with Crippen LogP contribution in [0.3, 0.4) is 0 Å². The maximum Gasteiger partial charge on any atom is 0.293 e. The minimum Gasteiger partial charge on any atom is -0.373 e. The van der Waals surface area contributed by atoms with Crippen molar-refractivity contribution in [3.05, 3.63) is 51.3 Å². The van der Waals surface area contributed by atoms with Gasteiger partial charge in [0.25, 0.3) is 5.69 Å². The Balaban J connectivity index is 2.26. The predicted molar refractivity (Wildman–Crippen MR) is 68.7 cm³/mol. The third-order valence-electron chi connectivity index (χ3n) is 2.55. The number of anilines is 1. The molecule has 2 N–H and O–H groups in total. The van der Waals surface area contributed by atoms with E-state index in [0.29, 0.717) is 10.7 Å². The van der Waals surface area contributed by atoms with Crippen LogP contribution in [0.5, 0.6) is 0 Å². The Morgan fingerprint density at radius 2 is 2.33 bits per heavy atom. The summed E-state index contributed by atoms with van der Waals surface area (Å²) in [7, 11) is 0. The molecule has 0 unspecified atom stereocenters. The molecule has 0 amide bonds. The van der Waals surface area contributed by atoms with E-state index in [2.05, 4.69) is 15.5 Å². The van der Waals surface area contributed by atoms with Crippen molar-refractivity contribution in [2.45, 2.75) is 13.0 Å². The summed E-state index contributed by atoms with van der Waals surface area (Å²) in [5, 5.41) is 20.9. The molecular formula is C11H11ClN4O2. The number of aromatic nitrogens is 2. The molecule has 0 spiro atoms. The number of nitro groups is 1. The van der Waals surface area contributed by atoms with Crippen molar-refractivity contribution in [1.82, 2.24) is 10.2 Å². The number of rotatable bonds is 4. The van der Waals surface area contributed by atoms with E-state index in [4.69, 9.17) is 11.6 Å². The van der Waals surface area contributed by atoms with Crippen molar-refractivity contribution in [1.29, 1.82) is 0 Å². The lowest BCUT2D eigenvalue weighted by atomic mass is 10.1. The van der Waals surface area contributed by atoms with Crippen molar-refractivity contribution in [2.24, 2.45) is 0 Å². The average molecular weight is 267 g/mol. The Bertz CT molecular complexity index is 556. The molecule has 1 aromatic heterocycles. The SMILES string of the molecule is C[C@@H](Nc1ccc(Cl)cc1[N+](=O)[O-])c1cn[nH]c1. The number of hydrogen-bond donors (Lipinski definition) is 2. The summed E-state index contributed by atoms with van der Waals surface area (Å²) in [6.45, 7) is 1.89. The molecule has 0 aliphatic rings. The summed E-state index contributed by atoms with van der Waals surface area (Å²) in [5.41, 5.74) is 1.30. The third-order valence-corrected chi connectivity index (χ3v) is 2.78. The van der Waals surface area contributed by atoms with Crippen LogP contribution < -0.4 is 5.32 Å². The van der Waals surface area contributed by atoms with Gasteiger partial charge in [-0.1, -0.05) is 11.6 Å². The highest BCUT2D eigenvalue weighted by atomic mass is 35.5. The molecule has 1 aromatic carbocycles. The Labute approximate surface area is 108 Å². The summed E-state index contributed by atoms with van der Waals surface area (Å²) in [4.78, 5) is 10.5. The molecule has 6 nitrogen and oxygen atoms in total. The smallest absolute Gasteiger partial charge is 0.293 e. The summed E-state index contributed by atoms with van der Waals surface area (Å²) < 4.78 is 0. The second-order valence-corrected chi connectivity index (χ2v) is 4.25. The lowest BCUT2D eigenvalue weighted by Crippen LogP contribution is -2.07. The van der Waals surface area contributed by atoms with Gasteiger partial charge in [0.15, 0.2) is 0 Å². The van der Waals surface area contributed by atoms with Crippen LogP contribution in [-0.4, -0.2) is 15.1 Å². The Morgan fingerprint density at radius 1 is 1.56 bits per heavy atom. The highest BCUT2D eigenvalue weighted by Crippen LogP contribution is 2.30. The van der Waals surface area contributed by atoms with Gasteiger partial charge >= 0.3 is 0 Å². The van der Waals surface area contributed by atoms with E-state index < -0.39 is 4.92 Å². The van der Waals surface area contributed by atoms with E-state index >= 15 is 0 Å². The zero-order valence-corrected chi connectivity index (χ0v) is 10.3. The van der Waals surface area contributed by atoms with E-state index in [1.54, 1.807) is 24.5 Å². The van der Waals surface area contributed by atoms with Crippen molar-refractivity contribution in [3.63, 3.8) is 0 Å². The van der Waals surface area contributed by atoms with E-state index in [9.17, 15) is 10.1 Å². The van der Waals surface area contributed by atoms with Gasteiger partial charge in [-0.25, -0.2) is 0 Å². The second kappa shape index (κ2) is 5.05. The summed E-state index contributed by atoms with van der Waals surface area (Å²) in [5.74, 6) is 0. The molecule has 0 aliphatic carbocycles. The predicted octanol–water partition coefficient (Wildman–Crippen LogP) is 3.14. The minimum absolute atomic E-state index is 0.0437. The maximum absolute atomic E-state index is 10.9. The first-order chi connectivity index (χ1) is 8.58. The fourth-order valence-corrected chi connectivity index (χ4v) is 1.76. The third kappa shape index (κ3) is 2.60. The fourth-order valence-electron chi connectivity index (χ4n) is 1.59. The maximum atomic E-state index is 10.9. The number of nitrogens with zero attached hydrogens (tertiary/aromatic N) is 2. The number of H-pyrrole nitrogens is 1. The highest BCUT2D eigenvalue weighted by Gasteiger charge is 2.16. The molecule has 1 atom stereocenters. The quantitative estimate of drug-likeness (QED) is 0.658. The van der Waals surface area contributed by atoms with Crippen molar-refractivity contribution in [2.75, 3.05) is 5.32 Å². The van der Waals surface area contributed by atoms with E-state index in [1.165, 1.54) is 6.07 Å². The molecule has 0 fully saturated rings. The Kier molecular flexibility index (Phi) is 3.47. The number of benzene rings is 1. The Hall–Kier alpha value is -2.08. The molecule has 0 saturated carbocycles. The monoisotopic (exact) mass is 266 g/mol. The van der Waals surface area contributed by atoms with Crippen LogP contribution in [0.2, 0.25) is 5.02 Å². The van der Waals surface area contributed by atoms with E-state index in [0.717, 1.165) is 5.56 Å². The molecule has 0 bridgehead atoms. The Morgan fingerprint density at radius 3 is 2.94 bits per heavy atom. The van der Waals surface area contributed by atoms with Crippen molar-refractivity contribution >= 4 is 23.0 Å². The zero-order chi connectivity index (χ0) is 13.1. The van der Waals surface area contributed by atoms with Gasteiger partial charge < -0.3 is 5.32 Å². The molecule has 1 heterocycles. The largest absolute Gasteiger partial charge is 0.373 e.